The number of aromatic nitrogens is 2. The summed E-state index contributed by atoms with van der Waals surface area (Å²) < 4.78 is 11.8. The number of nitrogens with zero attached hydrogens (tertiary/aromatic N) is 2. The van der Waals surface area contributed by atoms with E-state index in [1.54, 1.807) is 13.8 Å². The van der Waals surface area contributed by atoms with Crippen LogP contribution in [-0.2, 0) is 43.2 Å². The molecule has 28 heavy (non-hydrogen) atoms. The molecule has 0 aromatic carbocycles. The van der Waals surface area contributed by atoms with Gasteiger partial charge in [-0.15, -0.1) is 0 Å². The maximum atomic E-state index is 12.3. The zero-order chi connectivity index (χ0) is 20.0. The monoisotopic (exact) mass is 508 g/mol. The molecule has 8 heteroatoms. The molecule has 0 fully saturated rings. The second-order valence-electron chi connectivity index (χ2n) is 7.61. The Labute approximate surface area is 253 Å². The van der Waals surface area contributed by atoms with Gasteiger partial charge < -0.3 is 52.3 Å². The number of esters is 2. The summed E-state index contributed by atoms with van der Waals surface area (Å²) in [5.74, 6) is -0.873. The predicted octanol–water partition coefficient (Wildman–Crippen LogP) is 2.87. The molecule has 1 aromatic heterocycles. The van der Waals surface area contributed by atoms with Crippen LogP contribution in [0.1, 0.15) is 101 Å². The largest absolute Gasteiger partial charge is 1.00 e. The minimum absolute atomic E-state index is 0. The minimum Gasteiger partial charge on any atom is -1.00 e. The van der Waals surface area contributed by atoms with Gasteiger partial charge >= 0.3 is 63.3 Å². The Bertz CT molecular complexity index is 757. The van der Waals surface area contributed by atoms with Gasteiger partial charge in [0, 0.05) is 18.7 Å². The van der Waals surface area contributed by atoms with Crippen LogP contribution in [0.2, 0.25) is 0 Å². The summed E-state index contributed by atoms with van der Waals surface area (Å²) in [5.41, 5.74) is 1.49. The van der Waals surface area contributed by atoms with Crippen molar-refractivity contribution in [2.75, 3.05) is 13.2 Å². The molecule has 0 spiro atoms. The van der Waals surface area contributed by atoms with Crippen molar-refractivity contribution < 1.29 is 118 Å². The zero-order valence-electron chi connectivity index (χ0n) is 47.7. The molecule has 0 saturated heterocycles. The van der Waals surface area contributed by atoms with Crippen molar-refractivity contribution >= 4 is 17.7 Å². The molecule has 1 aliphatic carbocycles. The Morgan fingerprint density at radius 3 is 2.57 bits per heavy atom. The van der Waals surface area contributed by atoms with E-state index in [2.05, 4.69) is 5.10 Å². The van der Waals surface area contributed by atoms with Gasteiger partial charge in [0.25, 0.3) is 0 Å². The van der Waals surface area contributed by atoms with Crippen LogP contribution in [0.4, 0.5) is 0 Å². The Kier molecular flexibility index (Phi) is 10.6. The van der Waals surface area contributed by atoms with E-state index >= 15 is 0 Å². The first kappa shape index (κ1) is 25.5. The molecule has 1 aromatic rings. The van der Waals surface area contributed by atoms with E-state index in [0.29, 0.717) is 32.4 Å². The molecule has 0 radical (unpaired) electrons. The van der Waals surface area contributed by atoms with Crippen molar-refractivity contribution in [3.63, 3.8) is 0 Å². The van der Waals surface area contributed by atoms with E-state index in [0.717, 1.165) is 17.7 Å². The van der Waals surface area contributed by atoms with E-state index in [-0.39, 0.29) is 125 Å². The molecule has 1 atom stereocenters. The molecule has 7 nitrogen and oxygen atoms in total. The summed E-state index contributed by atoms with van der Waals surface area (Å²) in [7, 11) is 0. The van der Waals surface area contributed by atoms with Crippen molar-refractivity contribution in [2.24, 2.45) is 11.3 Å². The van der Waals surface area contributed by atoms with Gasteiger partial charge in [0.15, 0.2) is 0 Å². The third kappa shape index (κ3) is 7.05. The van der Waals surface area contributed by atoms with Gasteiger partial charge in [-0.3, -0.25) is 19.1 Å². The Balaban J connectivity index is -0.00000000903. The van der Waals surface area contributed by atoms with Crippen molar-refractivity contribution in [1.82, 2.24) is 9.78 Å². The number of ketones is 1. The molecule has 0 N–H and O–H groups in total. The number of carbonyl (C=O) groups excluding carboxylic acids is 3. The van der Waals surface area contributed by atoms with Crippen LogP contribution in [0.3, 0.4) is 0 Å². The van der Waals surface area contributed by atoms with Crippen LogP contribution in [0.5, 0.6) is 0 Å². The Morgan fingerprint density at radius 2 is 1.93 bits per heavy atom. The van der Waals surface area contributed by atoms with Crippen LogP contribution in [0.15, 0.2) is 6.20 Å². The second kappa shape index (κ2) is 11.6. The number of rotatable bonds is 9. The number of carbonyl (C=O) groups is 3. The number of Topliss-reactive ketones (excluding diaryl/α,β-unsaturated/α-hetero) is 1. The van der Waals surface area contributed by atoms with Gasteiger partial charge in [-0.05, 0) is 58.9 Å². The molecule has 0 aliphatic heterocycles. The van der Waals surface area contributed by atoms with Gasteiger partial charge in [0.1, 0.15) is 12.2 Å². The molecular formula is C20H60KN2O5-29. The number of aryl methyl sites for hydroxylation is 2. The van der Waals surface area contributed by atoms with Crippen LogP contribution >= 0.6 is 0 Å². The summed E-state index contributed by atoms with van der Waals surface area (Å²) in [6, 6.07) is 0. The van der Waals surface area contributed by atoms with Crippen LogP contribution in [-0.4, -0.2) is 40.7 Å². The number of fused-ring (bicyclic) bond motifs is 1. The first-order valence-electron chi connectivity index (χ1n) is 9.67. The zero-order valence-corrected chi connectivity index (χ0v) is 20.9. The van der Waals surface area contributed by atoms with Gasteiger partial charge in [-0.2, -0.15) is 5.10 Å². The topological polar surface area (TPSA) is 87.5 Å². The third-order valence-corrected chi connectivity index (χ3v) is 4.99. The second-order valence-corrected chi connectivity index (χ2v) is 7.61. The quantitative estimate of drug-likeness (QED) is 0.290. The summed E-state index contributed by atoms with van der Waals surface area (Å²) in [4.78, 5) is 35.8. The van der Waals surface area contributed by atoms with Gasteiger partial charge in [0.05, 0.1) is 24.3 Å². The molecule has 1 unspecified atom stereocenters. The van der Waals surface area contributed by atoms with Crippen molar-refractivity contribution in [2.45, 2.75) is 66.3 Å². The van der Waals surface area contributed by atoms with Gasteiger partial charge in [-0.1, -0.05) is 0 Å². The first-order chi connectivity index (χ1) is 12.8. The summed E-state index contributed by atoms with van der Waals surface area (Å²) >= 11 is 0. The van der Waals surface area contributed by atoms with E-state index in [4.69, 9.17) is 9.47 Å². The third-order valence-electron chi connectivity index (χ3n) is 4.99. The van der Waals surface area contributed by atoms with E-state index in [9.17, 15) is 14.4 Å². The van der Waals surface area contributed by atoms with Crippen LogP contribution in [0.25, 0.3) is 0 Å². The molecule has 1 heterocycles. The molecule has 0 saturated carbocycles. The predicted molar refractivity (Wildman–Crippen MR) is 132 cm³/mol. The van der Waals surface area contributed by atoms with Gasteiger partial charge in [0.2, 0.25) is 0 Å². The van der Waals surface area contributed by atoms with Crippen molar-refractivity contribution in [1.29, 1.82) is 0 Å². The molecule has 0 amide bonds. The molecule has 210 valence electrons. The molecular weight excluding hydrogens is 387 g/mol. The average molecular weight is 508 g/mol. The SMILES string of the molecule is CCOC(=O)CC(=O)C1CCc2nn(CCC(C)(C)C(=O)OCC)cc2C1.[3H-].[3H-].[3H-].[3H-].[3H-].[3H-].[3H-].[3H-].[3H-].[3H-].[3H-].[3H-].[3H-].[3H-].[3H-].[3H-].[3H-].[3H-].[3H-].[3H-].[3H-].[3H-].[3H-].[3H-].[3H-].[3H-].[3H-].[3H-].[3H-].[3H-].[K+]. The Morgan fingerprint density at radius 1 is 1.25 bits per heavy atom. The van der Waals surface area contributed by atoms with E-state index in [1.165, 1.54) is 0 Å². The summed E-state index contributed by atoms with van der Waals surface area (Å²) in [5, 5.41) is 4.60. The molecule has 2 rings (SSSR count). The maximum Gasteiger partial charge on any atom is 1.00 e. The number of hydrogen-bond donors (Lipinski definition) is 0. The molecule has 0 bridgehead atoms. The maximum absolute atomic E-state index is 12.3. The normalized spacial score (nSPS) is 15.9. The molecule has 1 aliphatic rings. The Hall–Kier alpha value is -0.544. The summed E-state index contributed by atoms with van der Waals surface area (Å²) in [6.45, 7) is 8.55. The fourth-order valence-electron chi connectivity index (χ4n) is 3.27. The smallest absolute Gasteiger partial charge is 1.00 e. The van der Waals surface area contributed by atoms with E-state index < -0.39 is 11.4 Å². The minimum atomic E-state index is -0.569. The van der Waals surface area contributed by atoms with Crippen molar-refractivity contribution in [3.05, 3.63) is 17.5 Å². The van der Waals surface area contributed by atoms with E-state index in [1.807, 2.05) is 24.7 Å². The summed E-state index contributed by atoms with van der Waals surface area (Å²) in [6.07, 6.45) is 4.46. The van der Waals surface area contributed by atoms with Crippen molar-refractivity contribution in [3.8, 4) is 0 Å². The number of ether oxygens (including phenoxy) is 2. The fraction of sp³-hybridized carbons (Fsp3) is 0.700. The van der Waals surface area contributed by atoms with Gasteiger partial charge in [-0.25, -0.2) is 0 Å². The standard InChI is InChI=1S/C20H30N2O5.K.30H/c1-5-26-18(24)12-17(23)14-7-8-16-15(11-14)13-22(21-16)10-9-20(3,4)19(25)27-6-2;;;;;;;;;;;;;;;;;;;;;;;;;;;;;;;/h13-14H,5-12H2,1-4H3;;;;;;;;;;;;;;;;;;;;;;;;;;;;;;;/q;+1;30*-1/i;;30*1+2. The van der Waals surface area contributed by atoms with Crippen LogP contribution in [0, 0.1) is 11.3 Å². The number of hydrogen-bond acceptors (Lipinski definition) is 6. The fourth-order valence-corrected chi connectivity index (χ4v) is 3.27. The van der Waals surface area contributed by atoms with Crippen LogP contribution < -0.4 is 51.4 Å². The average Bonchev–Trinajstić information content (AvgIpc) is 3.02. The first-order valence-corrected chi connectivity index (χ1v) is 9.67.